The van der Waals surface area contributed by atoms with Crippen molar-refractivity contribution in [1.82, 2.24) is 10.1 Å². The maximum absolute atomic E-state index is 14.1. The molecule has 4 rings (SSSR count). The number of aromatic nitrogens is 2. The average Bonchev–Trinajstić information content (AvgIpc) is 3.39. The minimum absolute atomic E-state index is 0.0805. The van der Waals surface area contributed by atoms with E-state index in [2.05, 4.69) is 31.4 Å². The van der Waals surface area contributed by atoms with Crippen LogP contribution in [0.25, 0.3) is 11.6 Å². The lowest BCUT2D eigenvalue weighted by Crippen LogP contribution is -2.16. The molecular weight excluding hydrogens is 441 g/mol. The molecule has 0 atom stereocenters. The second-order valence-corrected chi connectivity index (χ2v) is 7.12. The third kappa shape index (κ3) is 4.43. The van der Waals surface area contributed by atoms with E-state index in [4.69, 9.17) is 8.94 Å². The van der Waals surface area contributed by atoms with Gasteiger partial charge in [0.1, 0.15) is 5.82 Å². The van der Waals surface area contributed by atoms with Crippen LogP contribution in [0.5, 0.6) is 0 Å². The van der Waals surface area contributed by atoms with Crippen LogP contribution in [-0.4, -0.2) is 16.0 Å². The summed E-state index contributed by atoms with van der Waals surface area (Å²) in [4.78, 5) is 16.8. The number of para-hydroxylation sites is 1. The topological polar surface area (TPSA) is 81.2 Å². The fourth-order valence-electron chi connectivity index (χ4n) is 2.84. The fourth-order valence-corrected chi connectivity index (χ4v) is 3.25. The van der Waals surface area contributed by atoms with E-state index in [1.165, 1.54) is 6.26 Å². The van der Waals surface area contributed by atoms with Gasteiger partial charge in [0.15, 0.2) is 5.76 Å². The molecule has 146 valence electrons. The SMILES string of the molecule is O=C(Cc1cccc(Br)c1F)Nc1ccccc1Cc1nc(-c2ccco2)no1. The zero-order chi connectivity index (χ0) is 20.2. The second kappa shape index (κ2) is 8.40. The van der Waals surface area contributed by atoms with Gasteiger partial charge in [-0.05, 0) is 51.3 Å². The average molecular weight is 456 g/mol. The van der Waals surface area contributed by atoms with Gasteiger partial charge in [0, 0.05) is 5.69 Å². The minimum atomic E-state index is -0.438. The van der Waals surface area contributed by atoms with Crippen molar-refractivity contribution in [2.45, 2.75) is 12.8 Å². The van der Waals surface area contributed by atoms with Crippen molar-refractivity contribution >= 4 is 27.5 Å². The predicted molar refractivity (Wildman–Crippen MR) is 108 cm³/mol. The number of rotatable bonds is 6. The molecule has 0 aliphatic carbocycles. The summed E-state index contributed by atoms with van der Waals surface area (Å²) in [5.41, 5.74) is 1.71. The van der Waals surface area contributed by atoms with Crippen LogP contribution in [0, 0.1) is 5.82 Å². The lowest BCUT2D eigenvalue weighted by molar-refractivity contribution is -0.115. The molecule has 0 radical (unpaired) electrons. The number of amides is 1. The van der Waals surface area contributed by atoms with Crippen LogP contribution in [0.1, 0.15) is 17.0 Å². The summed E-state index contributed by atoms with van der Waals surface area (Å²) in [5, 5.41) is 6.74. The summed E-state index contributed by atoms with van der Waals surface area (Å²) >= 11 is 3.13. The monoisotopic (exact) mass is 455 g/mol. The van der Waals surface area contributed by atoms with Crippen molar-refractivity contribution in [2.24, 2.45) is 0 Å². The highest BCUT2D eigenvalue weighted by Gasteiger charge is 2.15. The summed E-state index contributed by atoms with van der Waals surface area (Å²) in [5.74, 6) is 0.494. The highest BCUT2D eigenvalue weighted by atomic mass is 79.9. The van der Waals surface area contributed by atoms with Gasteiger partial charge < -0.3 is 14.3 Å². The van der Waals surface area contributed by atoms with E-state index in [1.54, 1.807) is 42.5 Å². The van der Waals surface area contributed by atoms with Gasteiger partial charge in [0.25, 0.3) is 0 Å². The number of nitrogens with one attached hydrogen (secondary N) is 1. The Labute approximate surface area is 173 Å². The number of halogens is 2. The van der Waals surface area contributed by atoms with E-state index in [9.17, 15) is 9.18 Å². The molecule has 1 amide bonds. The van der Waals surface area contributed by atoms with Gasteiger partial charge >= 0.3 is 0 Å². The largest absolute Gasteiger partial charge is 0.461 e. The smallest absolute Gasteiger partial charge is 0.238 e. The Balaban J connectivity index is 1.48. The Bertz CT molecular complexity index is 1140. The van der Waals surface area contributed by atoms with Crippen LogP contribution in [0.3, 0.4) is 0 Å². The van der Waals surface area contributed by atoms with E-state index in [1.807, 2.05) is 12.1 Å². The van der Waals surface area contributed by atoms with Crippen LogP contribution in [-0.2, 0) is 17.6 Å². The van der Waals surface area contributed by atoms with Crippen LogP contribution in [0.2, 0.25) is 0 Å². The number of anilines is 1. The van der Waals surface area contributed by atoms with Crippen molar-refractivity contribution in [1.29, 1.82) is 0 Å². The molecule has 0 aliphatic rings. The second-order valence-electron chi connectivity index (χ2n) is 6.26. The molecule has 0 fully saturated rings. The lowest BCUT2D eigenvalue weighted by Gasteiger charge is -2.10. The molecule has 6 nitrogen and oxygen atoms in total. The predicted octanol–water partition coefficient (Wildman–Crippen LogP) is 5.00. The van der Waals surface area contributed by atoms with E-state index in [0.717, 1.165) is 5.56 Å². The molecule has 0 spiro atoms. The Morgan fingerprint density at radius 1 is 1.07 bits per heavy atom. The van der Waals surface area contributed by atoms with Gasteiger partial charge in [-0.15, -0.1) is 0 Å². The van der Waals surface area contributed by atoms with E-state index in [-0.39, 0.29) is 12.3 Å². The third-order valence-electron chi connectivity index (χ3n) is 4.23. The normalized spacial score (nSPS) is 10.8. The van der Waals surface area contributed by atoms with Crippen molar-refractivity contribution in [3.63, 3.8) is 0 Å². The first-order valence-corrected chi connectivity index (χ1v) is 9.56. The lowest BCUT2D eigenvalue weighted by atomic mass is 10.1. The Morgan fingerprint density at radius 2 is 1.90 bits per heavy atom. The van der Waals surface area contributed by atoms with Crippen LogP contribution >= 0.6 is 15.9 Å². The molecule has 0 unspecified atom stereocenters. The van der Waals surface area contributed by atoms with Gasteiger partial charge in [-0.3, -0.25) is 4.79 Å². The number of benzene rings is 2. The van der Waals surface area contributed by atoms with Crippen molar-refractivity contribution in [3.05, 3.63) is 88.2 Å². The molecule has 0 saturated heterocycles. The molecule has 2 aromatic carbocycles. The Morgan fingerprint density at radius 3 is 2.72 bits per heavy atom. The van der Waals surface area contributed by atoms with Crippen LogP contribution in [0.4, 0.5) is 10.1 Å². The number of hydrogen-bond acceptors (Lipinski definition) is 5. The molecule has 1 N–H and O–H groups in total. The molecule has 0 aliphatic heterocycles. The Hall–Kier alpha value is -3.26. The number of furan rings is 1. The first kappa shape index (κ1) is 19.1. The van der Waals surface area contributed by atoms with E-state index < -0.39 is 5.82 Å². The first-order valence-electron chi connectivity index (χ1n) is 8.77. The number of carbonyl (C=O) groups is 1. The van der Waals surface area contributed by atoms with Crippen molar-refractivity contribution in [2.75, 3.05) is 5.32 Å². The molecule has 8 heteroatoms. The van der Waals surface area contributed by atoms with Crippen molar-refractivity contribution in [3.8, 4) is 11.6 Å². The maximum atomic E-state index is 14.1. The van der Waals surface area contributed by atoms with Gasteiger partial charge in [-0.2, -0.15) is 4.98 Å². The summed E-state index contributed by atoms with van der Waals surface area (Å²) in [6, 6.07) is 15.6. The molecule has 0 saturated carbocycles. The van der Waals surface area contributed by atoms with E-state index >= 15 is 0 Å². The maximum Gasteiger partial charge on any atom is 0.238 e. The van der Waals surface area contributed by atoms with E-state index in [0.29, 0.717) is 39.6 Å². The standard InChI is InChI=1S/C21H15BrFN3O3/c22-15-7-3-6-14(20(15)23)11-18(27)24-16-8-2-1-5-13(16)12-19-25-21(26-29-19)17-9-4-10-28-17/h1-10H,11-12H2,(H,24,27). The van der Waals surface area contributed by atoms with Gasteiger partial charge in [0.2, 0.25) is 17.6 Å². The molecule has 0 bridgehead atoms. The fraction of sp³-hybridized carbons (Fsp3) is 0.0952. The number of carbonyl (C=O) groups excluding carboxylic acids is 1. The molecule has 2 heterocycles. The number of hydrogen-bond donors (Lipinski definition) is 1. The molecular formula is C21H15BrFN3O3. The zero-order valence-corrected chi connectivity index (χ0v) is 16.6. The first-order chi connectivity index (χ1) is 14.1. The third-order valence-corrected chi connectivity index (χ3v) is 4.84. The minimum Gasteiger partial charge on any atom is -0.461 e. The van der Waals surface area contributed by atoms with Gasteiger partial charge in [-0.25, -0.2) is 4.39 Å². The van der Waals surface area contributed by atoms with Gasteiger partial charge in [0.05, 0.1) is 23.6 Å². The summed E-state index contributed by atoms with van der Waals surface area (Å²) < 4.78 is 25.0. The Kier molecular flexibility index (Phi) is 5.53. The number of nitrogens with zero attached hydrogens (tertiary/aromatic N) is 2. The molecule has 29 heavy (non-hydrogen) atoms. The van der Waals surface area contributed by atoms with Gasteiger partial charge in [-0.1, -0.05) is 35.5 Å². The molecule has 4 aromatic rings. The zero-order valence-electron chi connectivity index (χ0n) is 15.1. The highest BCUT2D eigenvalue weighted by Crippen LogP contribution is 2.23. The quantitative estimate of drug-likeness (QED) is 0.442. The summed E-state index contributed by atoms with van der Waals surface area (Å²) in [6.45, 7) is 0. The van der Waals surface area contributed by atoms with Crippen LogP contribution < -0.4 is 5.32 Å². The highest BCUT2D eigenvalue weighted by molar-refractivity contribution is 9.10. The van der Waals surface area contributed by atoms with Crippen molar-refractivity contribution < 1.29 is 18.1 Å². The molecule has 2 aromatic heterocycles. The van der Waals surface area contributed by atoms with Crippen LogP contribution in [0.15, 0.2) is 74.3 Å². The summed E-state index contributed by atoms with van der Waals surface area (Å²) in [6.07, 6.45) is 1.78. The summed E-state index contributed by atoms with van der Waals surface area (Å²) in [7, 11) is 0.